The highest BCUT2D eigenvalue weighted by Gasteiger charge is 2.14. The quantitative estimate of drug-likeness (QED) is 0.463. The molecule has 2 aromatic carbocycles. The van der Waals surface area contributed by atoms with E-state index in [2.05, 4.69) is 4.99 Å². The van der Waals surface area contributed by atoms with Gasteiger partial charge in [0.25, 0.3) is 5.91 Å². The summed E-state index contributed by atoms with van der Waals surface area (Å²) in [5.41, 5.74) is 1.39. The molecule has 1 amide bonds. The van der Waals surface area contributed by atoms with E-state index in [1.165, 1.54) is 23.5 Å². The van der Waals surface area contributed by atoms with Crippen molar-refractivity contribution in [1.82, 2.24) is 4.57 Å². The molecule has 3 rings (SSSR count). The van der Waals surface area contributed by atoms with Crippen LogP contribution < -0.4 is 9.54 Å². The minimum absolute atomic E-state index is 0.00187. The fourth-order valence-corrected chi connectivity index (χ4v) is 4.76. The van der Waals surface area contributed by atoms with Crippen molar-refractivity contribution in [2.75, 3.05) is 19.5 Å². The third-order valence-corrected chi connectivity index (χ3v) is 6.65. The standard InChI is InChI=1S/C22H24N2O6S2/c1-4-29-16-8-11-18-19(13-16)31-22(24(18)14-21(26)30-5-2)23-20(25)12-15-6-9-17(10-7-15)32(3,27)28/h6-11,13H,4-5,12,14H2,1-3H3. The molecule has 0 atom stereocenters. The van der Waals surface area contributed by atoms with Crippen LogP contribution in [0.3, 0.4) is 0 Å². The van der Waals surface area contributed by atoms with Crippen LogP contribution >= 0.6 is 11.3 Å². The Balaban J connectivity index is 1.95. The van der Waals surface area contributed by atoms with E-state index in [9.17, 15) is 18.0 Å². The molecule has 1 aromatic heterocycles. The van der Waals surface area contributed by atoms with E-state index in [1.54, 1.807) is 29.7 Å². The first-order valence-electron chi connectivity index (χ1n) is 9.99. The zero-order valence-electron chi connectivity index (χ0n) is 18.0. The number of rotatable bonds is 8. The number of fused-ring (bicyclic) bond motifs is 1. The molecule has 32 heavy (non-hydrogen) atoms. The molecule has 1 heterocycles. The van der Waals surface area contributed by atoms with Crippen molar-refractivity contribution < 1.29 is 27.5 Å². The summed E-state index contributed by atoms with van der Waals surface area (Å²) in [5, 5.41) is 0. The second-order valence-corrected chi connectivity index (χ2v) is 9.96. The number of amides is 1. The fourth-order valence-electron chi connectivity index (χ4n) is 3.06. The Morgan fingerprint density at radius 1 is 1.06 bits per heavy atom. The molecule has 0 radical (unpaired) electrons. The summed E-state index contributed by atoms with van der Waals surface area (Å²) in [6, 6.07) is 11.6. The number of aromatic nitrogens is 1. The summed E-state index contributed by atoms with van der Waals surface area (Å²) < 4.78 is 36.3. The first-order valence-corrected chi connectivity index (χ1v) is 12.7. The van der Waals surface area contributed by atoms with E-state index >= 15 is 0 Å². The highest BCUT2D eigenvalue weighted by Crippen LogP contribution is 2.23. The molecule has 3 aromatic rings. The van der Waals surface area contributed by atoms with Crippen molar-refractivity contribution in [2.45, 2.75) is 31.7 Å². The molecular weight excluding hydrogens is 452 g/mol. The fraction of sp³-hybridized carbons (Fsp3) is 0.318. The van der Waals surface area contributed by atoms with Crippen LogP contribution in [0.2, 0.25) is 0 Å². The topological polar surface area (TPSA) is 104 Å². The van der Waals surface area contributed by atoms with Gasteiger partial charge in [0.1, 0.15) is 12.3 Å². The number of carbonyl (C=O) groups excluding carboxylic acids is 2. The van der Waals surface area contributed by atoms with Crippen molar-refractivity contribution in [1.29, 1.82) is 0 Å². The average Bonchev–Trinajstić information content (AvgIpc) is 3.04. The molecule has 0 aliphatic rings. The number of sulfone groups is 1. The number of esters is 1. The molecule has 0 unspecified atom stereocenters. The minimum Gasteiger partial charge on any atom is -0.494 e. The molecule has 0 spiro atoms. The largest absolute Gasteiger partial charge is 0.494 e. The van der Waals surface area contributed by atoms with Gasteiger partial charge in [0.2, 0.25) is 0 Å². The lowest BCUT2D eigenvalue weighted by atomic mass is 10.1. The predicted octanol–water partition coefficient (Wildman–Crippen LogP) is 2.74. The molecule has 10 heteroatoms. The smallest absolute Gasteiger partial charge is 0.326 e. The number of benzene rings is 2. The molecule has 0 bridgehead atoms. The SMILES string of the molecule is CCOC(=O)Cn1c(=NC(=O)Cc2ccc(S(C)(=O)=O)cc2)sc2cc(OCC)ccc21. The maximum absolute atomic E-state index is 12.6. The molecule has 0 N–H and O–H groups in total. The molecule has 0 saturated carbocycles. The number of carbonyl (C=O) groups is 2. The van der Waals surface area contributed by atoms with Crippen LogP contribution in [0.1, 0.15) is 19.4 Å². The first-order chi connectivity index (χ1) is 15.2. The summed E-state index contributed by atoms with van der Waals surface area (Å²) in [7, 11) is -3.31. The number of thiazole rings is 1. The number of hydrogen-bond acceptors (Lipinski definition) is 7. The summed E-state index contributed by atoms with van der Waals surface area (Å²) >= 11 is 1.28. The van der Waals surface area contributed by atoms with Gasteiger partial charge >= 0.3 is 5.97 Å². The lowest BCUT2D eigenvalue weighted by molar-refractivity contribution is -0.143. The van der Waals surface area contributed by atoms with E-state index in [1.807, 2.05) is 19.1 Å². The van der Waals surface area contributed by atoms with E-state index in [4.69, 9.17) is 9.47 Å². The van der Waals surface area contributed by atoms with Crippen LogP contribution in [-0.2, 0) is 37.1 Å². The summed E-state index contributed by atoms with van der Waals surface area (Å²) in [6.07, 6.45) is 1.13. The molecule has 0 saturated heterocycles. The Morgan fingerprint density at radius 2 is 1.78 bits per heavy atom. The van der Waals surface area contributed by atoms with Crippen LogP contribution in [0.25, 0.3) is 10.2 Å². The lowest BCUT2D eigenvalue weighted by Crippen LogP contribution is -2.23. The molecule has 0 fully saturated rings. The summed E-state index contributed by atoms with van der Waals surface area (Å²) in [6.45, 7) is 4.32. The Bertz CT molecular complexity index is 1300. The Labute approximate surface area is 190 Å². The van der Waals surface area contributed by atoms with Gasteiger partial charge in [-0.05, 0) is 49.7 Å². The monoisotopic (exact) mass is 476 g/mol. The van der Waals surface area contributed by atoms with Crippen molar-refractivity contribution in [2.24, 2.45) is 4.99 Å². The molecular formula is C22H24N2O6S2. The highest BCUT2D eigenvalue weighted by atomic mass is 32.2. The van der Waals surface area contributed by atoms with E-state index < -0.39 is 21.7 Å². The zero-order chi connectivity index (χ0) is 23.3. The second-order valence-electron chi connectivity index (χ2n) is 6.94. The van der Waals surface area contributed by atoms with Crippen LogP contribution in [0.15, 0.2) is 52.4 Å². The Morgan fingerprint density at radius 3 is 2.41 bits per heavy atom. The average molecular weight is 477 g/mol. The summed E-state index contributed by atoms with van der Waals surface area (Å²) in [4.78, 5) is 29.6. The van der Waals surface area contributed by atoms with Crippen LogP contribution in [0.5, 0.6) is 5.75 Å². The Kier molecular flexibility index (Phi) is 7.47. The predicted molar refractivity (Wildman–Crippen MR) is 121 cm³/mol. The molecule has 0 aliphatic heterocycles. The van der Waals surface area contributed by atoms with Gasteiger partial charge in [-0.25, -0.2) is 8.42 Å². The summed E-state index contributed by atoms with van der Waals surface area (Å²) in [5.74, 6) is -0.147. The third-order valence-electron chi connectivity index (χ3n) is 4.48. The van der Waals surface area contributed by atoms with Gasteiger partial charge in [-0.2, -0.15) is 4.99 Å². The van der Waals surface area contributed by atoms with Crippen LogP contribution in [-0.4, -0.2) is 44.3 Å². The van der Waals surface area contributed by atoms with Gasteiger partial charge < -0.3 is 14.0 Å². The third kappa shape index (κ3) is 5.83. The highest BCUT2D eigenvalue weighted by molar-refractivity contribution is 7.90. The van der Waals surface area contributed by atoms with Crippen LogP contribution in [0.4, 0.5) is 0 Å². The maximum atomic E-state index is 12.6. The van der Waals surface area contributed by atoms with Crippen molar-refractivity contribution in [3.8, 4) is 5.75 Å². The molecule has 0 aliphatic carbocycles. The van der Waals surface area contributed by atoms with Gasteiger partial charge in [-0.1, -0.05) is 23.5 Å². The lowest BCUT2D eigenvalue weighted by Gasteiger charge is -2.06. The first kappa shape index (κ1) is 23.7. The minimum atomic E-state index is -3.31. The van der Waals surface area contributed by atoms with Gasteiger partial charge in [0.05, 0.1) is 34.7 Å². The maximum Gasteiger partial charge on any atom is 0.326 e. The Hall–Kier alpha value is -2.98. The molecule has 170 valence electrons. The number of ether oxygens (including phenoxy) is 2. The van der Waals surface area contributed by atoms with Crippen LogP contribution in [0, 0.1) is 0 Å². The number of nitrogens with zero attached hydrogens (tertiary/aromatic N) is 2. The van der Waals surface area contributed by atoms with Crippen molar-refractivity contribution in [3.05, 3.63) is 52.8 Å². The van der Waals surface area contributed by atoms with Gasteiger partial charge in [0.15, 0.2) is 14.6 Å². The van der Waals surface area contributed by atoms with E-state index in [0.29, 0.717) is 22.7 Å². The number of hydrogen-bond donors (Lipinski definition) is 0. The van der Waals surface area contributed by atoms with E-state index in [-0.39, 0.29) is 24.5 Å². The van der Waals surface area contributed by atoms with Crippen molar-refractivity contribution >= 4 is 43.3 Å². The van der Waals surface area contributed by atoms with Gasteiger partial charge in [-0.15, -0.1) is 0 Å². The van der Waals surface area contributed by atoms with E-state index in [0.717, 1.165) is 16.5 Å². The second kappa shape index (κ2) is 10.1. The normalized spacial score (nSPS) is 12.2. The zero-order valence-corrected chi connectivity index (χ0v) is 19.7. The van der Waals surface area contributed by atoms with Gasteiger partial charge in [0, 0.05) is 6.26 Å². The van der Waals surface area contributed by atoms with Crippen molar-refractivity contribution in [3.63, 3.8) is 0 Å². The van der Waals surface area contributed by atoms with Gasteiger partial charge in [-0.3, -0.25) is 9.59 Å². The molecule has 8 nitrogen and oxygen atoms in total.